The van der Waals surface area contributed by atoms with Gasteiger partial charge in [-0.2, -0.15) is 0 Å². The number of aromatic nitrogens is 2. The molecule has 1 aromatic heterocycles. The van der Waals surface area contributed by atoms with E-state index in [1.807, 2.05) is 10.8 Å². The molecule has 0 aliphatic heterocycles. The van der Waals surface area contributed by atoms with Gasteiger partial charge in [0.2, 0.25) is 0 Å². The van der Waals surface area contributed by atoms with E-state index in [9.17, 15) is 4.39 Å². The van der Waals surface area contributed by atoms with E-state index in [2.05, 4.69) is 26.2 Å². The summed E-state index contributed by atoms with van der Waals surface area (Å²) in [5, 5.41) is 3.50. The Morgan fingerprint density at radius 1 is 1.47 bits per heavy atom. The highest BCUT2D eigenvalue weighted by Crippen LogP contribution is 2.37. The quantitative estimate of drug-likeness (QED) is 0.937. The van der Waals surface area contributed by atoms with Crippen molar-refractivity contribution in [3.05, 3.63) is 52.3 Å². The molecular formula is C14H15BrFN3. The van der Waals surface area contributed by atoms with Gasteiger partial charge >= 0.3 is 0 Å². The number of fused-ring (bicyclic) bond motifs is 1. The zero-order valence-corrected chi connectivity index (χ0v) is 12.0. The molecule has 1 aliphatic carbocycles. The van der Waals surface area contributed by atoms with Crippen LogP contribution in [0.4, 0.5) is 4.39 Å². The van der Waals surface area contributed by atoms with Crippen molar-refractivity contribution in [1.82, 2.24) is 14.9 Å². The summed E-state index contributed by atoms with van der Waals surface area (Å²) in [6.45, 7) is 1.72. The zero-order valence-electron chi connectivity index (χ0n) is 10.4. The Kier molecular flexibility index (Phi) is 3.66. The van der Waals surface area contributed by atoms with E-state index in [-0.39, 0.29) is 11.9 Å². The topological polar surface area (TPSA) is 29.9 Å². The molecule has 1 heterocycles. The third-order valence-electron chi connectivity index (χ3n) is 3.60. The number of halogens is 2. The van der Waals surface area contributed by atoms with Crippen LogP contribution in [0.5, 0.6) is 0 Å². The molecule has 0 amide bonds. The summed E-state index contributed by atoms with van der Waals surface area (Å²) < 4.78 is 16.8. The second-order valence-electron chi connectivity index (χ2n) is 4.77. The Morgan fingerprint density at radius 3 is 3.16 bits per heavy atom. The normalized spacial score (nSPS) is 17.7. The summed E-state index contributed by atoms with van der Waals surface area (Å²) >= 11 is 3.53. The van der Waals surface area contributed by atoms with E-state index in [0.29, 0.717) is 0 Å². The monoisotopic (exact) mass is 323 g/mol. The molecule has 2 aromatic rings. The van der Waals surface area contributed by atoms with Crippen LogP contribution in [0.1, 0.15) is 23.6 Å². The molecule has 0 fully saturated rings. The number of imidazole rings is 1. The second kappa shape index (κ2) is 5.43. The molecule has 0 unspecified atom stereocenters. The number of rotatable bonds is 4. The minimum atomic E-state index is -0.0860. The molecule has 19 heavy (non-hydrogen) atoms. The van der Waals surface area contributed by atoms with Gasteiger partial charge in [-0.15, -0.1) is 0 Å². The molecule has 5 heteroatoms. The first-order valence-corrected chi connectivity index (χ1v) is 7.21. The first-order chi connectivity index (χ1) is 9.25. The van der Waals surface area contributed by atoms with Gasteiger partial charge in [0.05, 0.1) is 6.33 Å². The highest BCUT2D eigenvalue weighted by Gasteiger charge is 2.26. The van der Waals surface area contributed by atoms with Gasteiger partial charge < -0.3 is 9.88 Å². The lowest BCUT2D eigenvalue weighted by molar-refractivity contribution is 0.500. The molecule has 1 aromatic carbocycles. The molecule has 100 valence electrons. The molecule has 0 saturated heterocycles. The summed E-state index contributed by atoms with van der Waals surface area (Å²) in [6.07, 6.45) is 7.29. The second-order valence-corrected chi connectivity index (χ2v) is 5.62. The van der Waals surface area contributed by atoms with E-state index in [1.165, 1.54) is 6.07 Å². The van der Waals surface area contributed by atoms with Crippen LogP contribution in [0, 0.1) is 5.82 Å². The van der Waals surface area contributed by atoms with Crippen LogP contribution in [0.3, 0.4) is 0 Å². The van der Waals surface area contributed by atoms with E-state index in [0.717, 1.165) is 41.5 Å². The zero-order chi connectivity index (χ0) is 13.2. The van der Waals surface area contributed by atoms with E-state index >= 15 is 0 Å². The lowest BCUT2D eigenvalue weighted by atomic mass is 10.1. The first-order valence-electron chi connectivity index (χ1n) is 6.41. The van der Waals surface area contributed by atoms with Crippen LogP contribution in [-0.2, 0) is 13.0 Å². The van der Waals surface area contributed by atoms with Crippen molar-refractivity contribution in [3.63, 3.8) is 0 Å². The lowest BCUT2D eigenvalue weighted by Crippen LogP contribution is -2.23. The summed E-state index contributed by atoms with van der Waals surface area (Å²) in [4.78, 5) is 4.01. The molecule has 1 atom stereocenters. The van der Waals surface area contributed by atoms with Crippen LogP contribution in [0.25, 0.3) is 0 Å². The Morgan fingerprint density at radius 2 is 2.37 bits per heavy atom. The third kappa shape index (κ3) is 2.58. The van der Waals surface area contributed by atoms with E-state index < -0.39 is 0 Å². The molecular weight excluding hydrogens is 309 g/mol. The molecule has 1 N–H and O–H groups in total. The summed E-state index contributed by atoms with van der Waals surface area (Å²) in [5.74, 6) is -0.0860. The van der Waals surface area contributed by atoms with Crippen molar-refractivity contribution >= 4 is 15.9 Å². The molecule has 0 radical (unpaired) electrons. The smallest absolute Gasteiger partial charge is 0.126 e. The van der Waals surface area contributed by atoms with Gasteiger partial charge in [0.25, 0.3) is 0 Å². The SMILES string of the molecule is Fc1ccc(Br)c2c1CC[C@H]2NCCn1ccnc1. The van der Waals surface area contributed by atoms with E-state index in [4.69, 9.17) is 0 Å². The van der Waals surface area contributed by atoms with Gasteiger partial charge in [0.15, 0.2) is 0 Å². The van der Waals surface area contributed by atoms with Gasteiger partial charge in [-0.1, -0.05) is 15.9 Å². The number of hydrogen-bond donors (Lipinski definition) is 1. The maximum atomic E-state index is 13.7. The average molecular weight is 324 g/mol. The Hall–Kier alpha value is -1.20. The van der Waals surface area contributed by atoms with Crippen LogP contribution in [0.15, 0.2) is 35.3 Å². The fraction of sp³-hybridized carbons (Fsp3) is 0.357. The van der Waals surface area contributed by atoms with Crippen LogP contribution >= 0.6 is 15.9 Å². The summed E-state index contributed by atoms with van der Waals surface area (Å²) in [5.41, 5.74) is 1.94. The maximum absolute atomic E-state index is 13.7. The van der Waals surface area contributed by atoms with Gasteiger partial charge in [0, 0.05) is 36.0 Å². The number of benzene rings is 1. The minimum absolute atomic E-state index is 0.0860. The number of hydrogen-bond acceptors (Lipinski definition) is 2. The van der Waals surface area contributed by atoms with Crippen molar-refractivity contribution in [2.24, 2.45) is 0 Å². The molecule has 0 bridgehead atoms. The molecule has 3 nitrogen and oxygen atoms in total. The van der Waals surface area contributed by atoms with Crippen LogP contribution < -0.4 is 5.32 Å². The standard InChI is InChI=1S/C14H15BrFN3/c15-11-2-3-12(16)10-1-4-13(14(10)11)18-6-8-19-7-5-17-9-19/h2-3,5,7,9,13,18H,1,4,6,8H2/t13-/m1/s1. The Labute approximate surface area is 120 Å². The molecule has 3 rings (SSSR count). The number of nitrogens with zero attached hydrogens (tertiary/aromatic N) is 2. The highest BCUT2D eigenvalue weighted by atomic mass is 79.9. The van der Waals surface area contributed by atoms with Gasteiger partial charge in [-0.05, 0) is 36.1 Å². The van der Waals surface area contributed by atoms with Crippen LogP contribution in [-0.4, -0.2) is 16.1 Å². The maximum Gasteiger partial charge on any atom is 0.126 e. The van der Waals surface area contributed by atoms with Crippen molar-refractivity contribution in [3.8, 4) is 0 Å². The lowest BCUT2D eigenvalue weighted by Gasteiger charge is -2.15. The van der Waals surface area contributed by atoms with Gasteiger partial charge in [-0.3, -0.25) is 0 Å². The van der Waals surface area contributed by atoms with E-state index in [1.54, 1.807) is 18.6 Å². The summed E-state index contributed by atoms with van der Waals surface area (Å²) in [6, 6.07) is 3.57. The highest BCUT2D eigenvalue weighted by molar-refractivity contribution is 9.10. The van der Waals surface area contributed by atoms with Crippen LogP contribution in [0.2, 0.25) is 0 Å². The van der Waals surface area contributed by atoms with Crippen molar-refractivity contribution in [2.45, 2.75) is 25.4 Å². The third-order valence-corrected chi connectivity index (χ3v) is 4.29. The molecule has 0 spiro atoms. The predicted molar refractivity (Wildman–Crippen MR) is 75.4 cm³/mol. The number of nitrogens with one attached hydrogen (secondary N) is 1. The Bertz CT molecular complexity index is 568. The molecule has 1 aliphatic rings. The largest absolute Gasteiger partial charge is 0.336 e. The fourth-order valence-electron chi connectivity index (χ4n) is 2.66. The average Bonchev–Trinajstić information content (AvgIpc) is 3.04. The van der Waals surface area contributed by atoms with Crippen molar-refractivity contribution in [1.29, 1.82) is 0 Å². The fourth-order valence-corrected chi connectivity index (χ4v) is 3.31. The first kappa shape index (κ1) is 12.8. The predicted octanol–water partition coefficient (Wildman–Crippen LogP) is 3.06. The van der Waals surface area contributed by atoms with Crippen molar-refractivity contribution < 1.29 is 4.39 Å². The van der Waals surface area contributed by atoms with Gasteiger partial charge in [-0.25, -0.2) is 9.37 Å². The Balaban J connectivity index is 1.67. The summed E-state index contributed by atoms with van der Waals surface area (Å²) in [7, 11) is 0. The minimum Gasteiger partial charge on any atom is -0.336 e. The molecule has 0 saturated carbocycles. The van der Waals surface area contributed by atoms with Crippen molar-refractivity contribution in [2.75, 3.05) is 6.54 Å². The van der Waals surface area contributed by atoms with Gasteiger partial charge in [0.1, 0.15) is 5.82 Å².